The average Bonchev–Trinajstić information content (AvgIpc) is 3.48. The molecule has 0 radical (unpaired) electrons. The number of ether oxygens (including phenoxy) is 3. The number of anilines is 2. The van der Waals surface area contributed by atoms with Gasteiger partial charge in [-0.05, 0) is 122 Å². The number of hydrogen-bond acceptors (Lipinski definition) is 5. The van der Waals surface area contributed by atoms with Crippen molar-refractivity contribution in [1.29, 1.82) is 0 Å². The smallest absolute Gasteiger partial charge is 0.331 e. The number of aliphatic carboxylic acids is 1. The van der Waals surface area contributed by atoms with Gasteiger partial charge < -0.3 is 24.2 Å². The number of fused-ring (bicyclic) bond motifs is 2. The van der Waals surface area contributed by atoms with Gasteiger partial charge in [-0.3, -0.25) is 0 Å². The van der Waals surface area contributed by atoms with Gasteiger partial charge in [-0.15, -0.1) is 0 Å². The molecular formula is C50H63NO5. The van der Waals surface area contributed by atoms with Crippen LogP contribution in [-0.4, -0.2) is 30.4 Å². The Morgan fingerprint density at radius 1 is 0.839 bits per heavy atom. The Labute approximate surface area is 336 Å². The Bertz CT molecular complexity index is 1870. The Morgan fingerprint density at radius 2 is 1.52 bits per heavy atom. The quantitative estimate of drug-likeness (QED) is 0.103. The highest BCUT2D eigenvalue weighted by atomic mass is 16.5. The zero-order valence-corrected chi connectivity index (χ0v) is 34.3. The second-order valence-corrected chi connectivity index (χ2v) is 15.1. The standard InChI is InChI=1S/C50H63NO5/c1-6-11-17-37(9-4)35-54-44(16-8-3)22-14-13-19-39-23-31-46-48(33-39)56-49-34-42(40-25-29-45(30-26-40)55-36-38(10-5)18-12-7-2)27-32-47(49)51(46)43-21-15-20-41(24-28-43)50(52)53/h8,13,15-16,19,21,23-34,37-38,44H,6-7,9-12,14,17-18,20,22,35-36H2,1-5H3,(H,52,53)/b16-8-,19-13+. The summed E-state index contributed by atoms with van der Waals surface area (Å²) >= 11 is 0. The molecular weight excluding hydrogens is 695 g/mol. The van der Waals surface area contributed by atoms with Crippen molar-refractivity contribution in [2.24, 2.45) is 11.8 Å². The molecule has 1 aliphatic carbocycles. The largest absolute Gasteiger partial charge is 0.493 e. The van der Waals surface area contributed by atoms with Gasteiger partial charge >= 0.3 is 5.97 Å². The number of hydrogen-bond donors (Lipinski definition) is 1. The van der Waals surface area contributed by atoms with Crippen LogP contribution in [0, 0.1) is 11.8 Å². The number of rotatable bonds is 22. The van der Waals surface area contributed by atoms with Crippen molar-refractivity contribution in [2.75, 3.05) is 18.1 Å². The van der Waals surface area contributed by atoms with Crippen LogP contribution in [0.15, 0.2) is 114 Å². The Morgan fingerprint density at radius 3 is 2.20 bits per heavy atom. The van der Waals surface area contributed by atoms with Crippen LogP contribution in [0.25, 0.3) is 17.2 Å². The SMILES string of the molecule is C/C=C\C(CC/C=C/c1ccc2c(c1)Oc1cc(-c3ccc(OCC(CC)CCCC)cc3)ccc1N2C1=CC=C(C(=O)O)CC=C1)OCC(CC)CCCC. The summed E-state index contributed by atoms with van der Waals surface area (Å²) < 4.78 is 19.3. The fourth-order valence-electron chi connectivity index (χ4n) is 7.25. The van der Waals surface area contributed by atoms with E-state index in [1.807, 2.05) is 18.2 Å². The number of carbonyl (C=O) groups is 1. The van der Waals surface area contributed by atoms with E-state index in [0.29, 0.717) is 23.8 Å². The van der Waals surface area contributed by atoms with Gasteiger partial charge in [0.1, 0.15) is 5.75 Å². The van der Waals surface area contributed by atoms with E-state index in [0.717, 1.165) is 89.9 Å². The second kappa shape index (κ2) is 22.1. The molecule has 0 saturated heterocycles. The van der Waals surface area contributed by atoms with Gasteiger partial charge in [-0.25, -0.2) is 4.79 Å². The highest BCUT2D eigenvalue weighted by molar-refractivity contribution is 5.89. The molecule has 0 aromatic heterocycles. The van der Waals surface area contributed by atoms with E-state index >= 15 is 0 Å². The van der Waals surface area contributed by atoms with Gasteiger partial charge in [0.25, 0.3) is 0 Å². The van der Waals surface area contributed by atoms with Crippen molar-refractivity contribution in [3.63, 3.8) is 0 Å². The molecule has 1 heterocycles. The minimum absolute atomic E-state index is 0.107. The first-order valence-electron chi connectivity index (χ1n) is 21.1. The van der Waals surface area contributed by atoms with Gasteiger partial charge in [0, 0.05) is 11.3 Å². The van der Waals surface area contributed by atoms with Gasteiger partial charge in [-0.1, -0.05) is 121 Å². The van der Waals surface area contributed by atoms with Crippen LogP contribution in [0.3, 0.4) is 0 Å². The maximum Gasteiger partial charge on any atom is 0.331 e. The van der Waals surface area contributed by atoms with Crippen LogP contribution in [0.5, 0.6) is 17.2 Å². The number of carboxylic acids is 1. The normalized spacial score (nSPS) is 15.4. The lowest BCUT2D eigenvalue weighted by atomic mass is 10.0. The summed E-state index contributed by atoms with van der Waals surface area (Å²) in [5.74, 6) is 2.64. The molecule has 5 rings (SSSR count). The number of nitrogens with zero attached hydrogens (tertiary/aromatic N) is 1. The lowest BCUT2D eigenvalue weighted by Crippen LogP contribution is -2.20. The second-order valence-electron chi connectivity index (χ2n) is 15.1. The third-order valence-electron chi connectivity index (χ3n) is 10.9. The van der Waals surface area contributed by atoms with E-state index in [-0.39, 0.29) is 6.10 Å². The fourth-order valence-corrected chi connectivity index (χ4v) is 7.25. The predicted octanol–water partition coefficient (Wildman–Crippen LogP) is 14.0. The third-order valence-corrected chi connectivity index (χ3v) is 10.9. The van der Waals surface area contributed by atoms with Crippen molar-refractivity contribution in [3.8, 4) is 28.4 Å². The van der Waals surface area contributed by atoms with Crippen LogP contribution < -0.4 is 14.4 Å². The van der Waals surface area contributed by atoms with Crippen LogP contribution in [-0.2, 0) is 9.53 Å². The minimum atomic E-state index is -0.908. The first-order valence-corrected chi connectivity index (χ1v) is 21.1. The van der Waals surface area contributed by atoms with Crippen molar-refractivity contribution in [1.82, 2.24) is 0 Å². The van der Waals surface area contributed by atoms with Gasteiger partial charge in [0.2, 0.25) is 0 Å². The summed E-state index contributed by atoms with van der Waals surface area (Å²) in [5.41, 5.74) is 6.16. The lowest BCUT2D eigenvalue weighted by molar-refractivity contribution is -0.132. The summed E-state index contributed by atoms with van der Waals surface area (Å²) in [6.07, 6.45) is 28.1. The molecule has 2 aliphatic rings. The van der Waals surface area contributed by atoms with E-state index in [4.69, 9.17) is 14.2 Å². The summed E-state index contributed by atoms with van der Waals surface area (Å²) in [7, 11) is 0. The van der Waals surface area contributed by atoms with E-state index in [2.05, 4.69) is 124 Å². The Hall–Kier alpha value is -4.81. The van der Waals surface area contributed by atoms with Crippen molar-refractivity contribution in [2.45, 2.75) is 111 Å². The van der Waals surface area contributed by atoms with Crippen LogP contribution in [0.2, 0.25) is 0 Å². The highest BCUT2D eigenvalue weighted by Gasteiger charge is 2.27. The van der Waals surface area contributed by atoms with Crippen LogP contribution in [0.4, 0.5) is 11.4 Å². The molecule has 0 saturated carbocycles. The van der Waals surface area contributed by atoms with Gasteiger partial charge in [0.15, 0.2) is 11.5 Å². The zero-order chi connectivity index (χ0) is 39.7. The van der Waals surface area contributed by atoms with E-state index in [1.165, 1.54) is 38.5 Å². The van der Waals surface area contributed by atoms with Crippen molar-refractivity contribution < 1.29 is 24.1 Å². The number of benzene rings is 3. The molecule has 0 bridgehead atoms. The van der Waals surface area contributed by atoms with Crippen LogP contribution >= 0.6 is 0 Å². The molecule has 3 atom stereocenters. The molecule has 1 N–H and O–H groups in total. The number of allylic oxidation sites excluding steroid dienone is 6. The molecule has 3 unspecified atom stereocenters. The van der Waals surface area contributed by atoms with Gasteiger partial charge in [-0.2, -0.15) is 0 Å². The lowest BCUT2D eigenvalue weighted by Gasteiger charge is -2.34. The molecule has 3 aromatic rings. The number of carboxylic acid groups (broad SMARTS) is 1. The van der Waals surface area contributed by atoms with Crippen LogP contribution in [0.1, 0.15) is 111 Å². The first-order chi connectivity index (χ1) is 27.4. The zero-order valence-electron chi connectivity index (χ0n) is 34.3. The summed E-state index contributed by atoms with van der Waals surface area (Å²) in [4.78, 5) is 14.0. The third kappa shape index (κ3) is 11.8. The average molecular weight is 758 g/mol. The molecule has 56 heavy (non-hydrogen) atoms. The molecule has 0 spiro atoms. The van der Waals surface area contributed by atoms with E-state index < -0.39 is 5.97 Å². The minimum Gasteiger partial charge on any atom is -0.493 e. The summed E-state index contributed by atoms with van der Waals surface area (Å²) in [6.45, 7) is 12.6. The topological polar surface area (TPSA) is 68.2 Å². The summed E-state index contributed by atoms with van der Waals surface area (Å²) in [6, 6.07) is 20.9. The van der Waals surface area contributed by atoms with E-state index in [9.17, 15) is 9.90 Å². The van der Waals surface area contributed by atoms with Gasteiger partial charge in [0.05, 0.1) is 30.7 Å². The van der Waals surface area contributed by atoms with E-state index in [1.54, 1.807) is 6.08 Å². The molecule has 6 nitrogen and oxygen atoms in total. The summed E-state index contributed by atoms with van der Waals surface area (Å²) in [5, 5.41) is 9.70. The molecule has 3 aromatic carbocycles. The fraction of sp³-hybridized carbons (Fsp3) is 0.420. The predicted molar refractivity (Wildman–Crippen MR) is 233 cm³/mol. The van der Waals surface area contributed by atoms with Crippen molar-refractivity contribution >= 4 is 23.4 Å². The molecule has 1 aliphatic heterocycles. The molecule has 298 valence electrons. The maximum absolute atomic E-state index is 11.8. The highest BCUT2D eigenvalue weighted by Crippen LogP contribution is 2.50. The Balaban J connectivity index is 1.36. The molecule has 0 amide bonds. The Kier molecular flexibility index (Phi) is 16.7. The monoisotopic (exact) mass is 757 g/mol. The van der Waals surface area contributed by atoms with Crippen molar-refractivity contribution in [3.05, 3.63) is 120 Å². The maximum atomic E-state index is 11.8. The molecule has 6 heteroatoms. The molecule has 0 fully saturated rings. The first kappa shape index (κ1) is 42.3. The number of unbranched alkanes of at least 4 members (excludes halogenated alkanes) is 2.